The maximum atomic E-state index is 11.3. The van der Waals surface area contributed by atoms with Crippen LogP contribution in [0, 0.1) is 0 Å². The van der Waals surface area contributed by atoms with Crippen molar-refractivity contribution in [1.82, 2.24) is 0 Å². The van der Waals surface area contributed by atoms with Gasteiger partial charge in [0.2, 0.25) is 0 Å². The van der Waals surface area contributed by atoms with Gasteiger partial charge in [-0.2, -0.15) is 0 Å². The van der Waals surface area contributed by atoms with Crippen molar-refractivity contribution in [1.29, 1.82) is 0 Å². The van der Waals surface area contributed by atoms with Crippen molar-refractivity contribution in [3.63, 3.8) is 0 Å². The Hall–Kier alpha value is 0.870. The molecule has 0 aromatic rings. The summed E-state index contributed by atoms with van der Waals surface area (Å²) in [6, 6.07) is 0. The Morgan fingerprint density at radius 2 is 0.933 bits per heavy atom. The molecule has 0 aliphatic heterocycles. The number of hydrogen-bond donors (Lipinski definition) is 1. The van der Waals surface area contributed by atoms with Crippen LogP contribution < -0.4 is 29.6 Å². The molecule has 0 heterocycles. The second kappa shape index (κ2) is 23.0. The molecule has 0 aromatic heterocycles. The molecule has 0 saturated heterocycles. The molecule has 2 atom stereocenters. The minimum atomic E-state index is -4.13. The molecule has 0 rings (SSSR count). The molecule has 30 heavy (non-hydrogen) atoms. The summed E-state index contributed by atoms with van der Waals surface area (Å²) in [5.74, 6) is 0. The Bertz CT molecular complexity index is 442. The molecule has 0 fully saturated rings. The Kier molecular flexibility index (Phi) is 25.4. The average Bonchev–Trinajstić information content (AvgIpc) is 2.67. The van der Waals surface area contributed by atoms with E-state index in [4.69, 9.17) is 0 Å². The fraction of sp³-hybridized carbons (Fsp3) is 1.00. The zero-order valence-corrected chi connectivity index (χ0v) is 23.2. The van der Waals surface area contributed by atoms with Crippen molar-refractivity contribution in [3.8, 4) is 0 Å². The van der Waals surface area contributed by atoms with Crippen molar-refractivity contribution < 1.29 is 47.6 Å². The zero-order valence-electron chi connectivity index (χ0n) is 20.4. The minimum Gasteiger partial charge on any atom is -0.748 e. The van der Waals surface area contributed by atoms with E-state index in [0.29, 0.717) is 12.8 Å². The van der Waals surface area contributed by atoms with E-state index in [1.807, 2.05) is 6.92 Å². The minimum absolute atomic E-state index is 0. The number of rotatable bonds is 22. The molecule has 176 valence electrons. The van der Waals surface area contributed by atoms with Gasteiger partial charge < -0.3 is 9.66 Å². The van der Waals surface area contributed by atoms with Crippen molar-refractivity contribution in [2.24, 2.45) is 0 Å². The van der Waals surface area contributed by atoms with Gasteiger partial charge in [0.1, 0.15) is 0 Å². The van der Waals surface area contributed by atoms with Gasteiger partial charge in [0.25, 0.3) is 0 Å². The molecular formula is C24H49NaO4S. The van der Waals surface area contributed by atoms with Crippen LogP contribution in [-0.4, -0.2) is 29.4 Å². The molecule has 4 nitrogen and oxygen atoms in total. The van der Waals surface area contributed by atoms with Gasteiger partial charge in [-0.15, -0.1) is 0 Å². The maximum Gasteiger partial charge on any atom is 1.00 e. The smallest absolute Gasteiger partial charge is 0.748 e. The van der Waals surface area contributed by atoms with Crippen molar-refractivity contribution in [2.75, 3.05) is 0 Å². The first-order valence-electron chi connectivity index (χ1n) is 12.5. The molecule has 0 amide bonds. The van der Waals surface area contributed by atoms with Crippen molar-refractivity contribution in [3.05, 3.63) is 0 Å². The average molecular weight is 457 g/mol. The van der Waals surface area contributed by atoms with Gasteiger partial charge in [-0.3, -0.25) is 0 Å². The molecular weight excluding hydrogens is 407 g/mol. The third-order valence-corrected chi connectivity index (χ3v) is 7.28. The largest absolute Gasteiger partial charge is 1.00 e. The van der Waals surface area contributed by atoms with E-state index in [2.05, 4.69) is 6.92 Å². The van der Waals surface area contributed by atoms with Crippen LogP contribution in [0.1, 0.15) is 142 Å². The molecule has 0 spiro atoms. The van der Waals surface area contributed by atoms with E-state index in [1.165, 1.54) is 64.2 Å². The Morgan fingerprint density at radius 3 is 1.33 bits per heavy atom. The summed E-state index contributed by atoms with van der Waals surface area (Å²) < 4.78 is 33.9. The van der Waals surface area contributed by atoms with E-state index >= 15 is 0 Å². The molecule has 0 aromatic carbocycles. The van der Waals surface area contributed by atoms with Gasteiger partial charge in [-0.05, 0) is 25.7 Å². The van der Waals surface area contributed by atoms with Gasteiger partial charge in [0, 0.05) is 5.25 Å². The van der Waals surface area contributed by atoms with Gasteiger partial charge >= 0.3 is 29.6 Å². The van der Waals surface area contributed by atoms with Gasteiger partial charge in [0.15, 0.2) is 0 Å². The topological polar surface area (TPSA) is 77.4 Å². The number of aliphatic hydroxyl groups excluding tert-OH is 1. The van der Waals surface area contributed by atoms with Gasteiger partial charge in [-0.1, -0.05) is 117 Å². The molecule has 6 heteroatoms. The monoisotopic (exact) mass is 456 g/mol. The molecule has 1 N–H and O–H groups in total. The molecule has 2 unspecified atom stereocenters. The molecule has 0 radical (unpaired) electrons. The first-order chi connectivity index (χ1) is 13.9. The van der Waals surface area contributed by atoms with Crippen LogP contribution in [0.3, 0.4) is 0 Å². The zero-order chi connectivity index (χ0) is 21.8. The summed E-state index contributed by atoms with van der Waals surface area (Å²) in [6.45, 7) is 4.25. The normalized spacial score (nSPS) is 13.7. The number of unbranched alkanes of at least 4 members (excludes halogenated alkanes) is 13. The van der Waals surface area contributed by atoms with Gasteiger partial charge in [0.05, 0.1) is 16.2 Å². The summed E-state index contributed by atoms with van der Waals surface area (Å²) in [5, 5.41) is 9.34. The summed E-state index contributed by atoms with van der Waals surface area (Å²) in [6.07, 6.45) is 21.3. The quantitative estimate of drug-likeness (QED) is 0.151. The summed E-state index contributed by atoms with van der Waals surface area (Å²) in [7, 11) is -4.13. The fourth-order valence-corrected chi connectivity index (χ4v) is 4.89. The number of aliphatic hydroxyl groups is 1. The van der Waals surface area contributed by atoms with Gasteiger partial charge in [-0.25, -0.2) is 8.42 Å². The third-order valence-electron chi connectivity index (χ3n) is 5.99. The first kappa shape index (κ1) is 33.0. The van der Waals surface area contributed by atoms with Crippen LogP contribution in [0.15, 0.2) is 0 Å². The predicted molar refractivity (Wildman–Crippen MR) is 123 cm³/mol. The SMILES string of the molecule is CCCCCCCC(O)CCCCCCCCCCCC(CCCC)S(=O)(=O)[O-].[Na+]. The second-order valence-electron chi connectivity index (χ2n) is 8.87. The third kappa shape index (κ3) is 22.1. The summed E-state index contributed by atoms with van der Waals surface area (Å²) in [4.78, 5) is 0. The summed E-state index contributed by atoms with van der Waals surface area (Å²) in [5.41, 5.74) is 0. The van der Waals surface area contributed by atoms with Crippen LogP contribution >= 0.6 is 0 Å². The Labute approximate surface area is 210 Å². The number of hydrogen-bond acceptors (Lipinski definition) is 4. The van der Waals surface area contributed by atoms with Crippen LogP contribution in [0.2, 0.25) is 0 Å². The van der Waals surface area contributed by atoms with E-state index < -0.39 is 15.4 Å². The Balaban J connectivity index is 0. The molecule has 0 saturated carbocycles. The van der Waals surface area contributed by atoms with Crippen LogP contribution in [0.4, 0.5) is 0 Å². The van der Waals surface area contributed by atoms with E-state index in [-0.39, 0.29) is 35.7 Å². The maximum absolute atomic E-state index is 11.3. The standard InChI is InChI=1S/C24H50O4S.Na/c1-3-5-7-13-16-19-23(25)20-17-14-11-9-8-10-12-15-18-22-24(21-6-4-2)29(26,27)28;/h23-25H,3-22H2,1-2H3,(H,26,27,28);/q;+1/p-1. The summed E-state index contributed by atoms with van der Waals surface area (Å²) >= 11 is 0. The van der Waals surface area contributed by atoms with Crippen LogP contribution in [-0.2, 0) is 10.1 Å². The van der Waals surface area contributed by atoms with E-state index in [1.54, 1.807) is 0 Å². The predicted octanol–water partition coefficient (Wildman–Crippen LogP) is 4.11. The van der Waals surface area contributed by atoms with E-state index in [0.717, 1.165) is 51.4 Å². The van der Waals surface area contributed by atoms with Crippen molar-refractivity contribution >= 4 is 10.1 Å². The first-order valence-corrected chi connectivity index (χ1v) is 14.0. The molecule has 0 aliphatic rings. The van der Waals surface area contributed by atoms with Crippen LogP contribution in [0.5, 0.6) is 0 Å². The van der Waals surface area contributed by atoms with E-state index in [9.17, 15) is 18.1 Å². The Morgan fingerprint density at radius 1 is 0.600 bits per heavy atom. The second-order valence-corrected chi connectivity index (χ2v) is 10.5. The molecule has 0 aliphatic carbocycles. The fourth-order valence-electron chi connectivity index (χ4n) is 3.98. The molecule has 0 bridgehead atoms. The van der Waals surface area contributed by atoms with Crippen molar-refractivity contribution in [2.45, 2.75) is 154 Å². The van der Waals surface area contributed by atoms with Crippen LogP contribution in [0.25, 0.3) is 0 Å².